The third-order valence-electron chi connectivity index (χ3n) is 7.29. The average molecular weight is 465 g/mol. The average Bonchev–Trinajstić information content (AvgIpc) is 3.23. The second-order valence-corrected chi connectivity index (χ2v) is 9.62. The summed E-state index contributed by atoms with van der Waals surface area (Å²) in [5.74, 6) is -0.0333. The van der Waals surface area contributed by atoms with Gasteiger partial charge in [-0.15, -0.1) is 6.58 Å². The van der Waals surface area contributed by atoms with Crippen molar-refractivity contribution in [3.8, 4) is 0 Å². The lowest BCUT2D eigenvalue weighted by Crippen LogP contribution is -2.55. The Balaban J connectivity index is 1.59. The Hall–Kier alpha value is -2.93. The fraction of sp³-hybridized carbons (Fsp3) is 0.519. The first-order valence-electron chi connectivity index (χ1n) is 12.5. The van der Waals surface area contributed by atoms with E-state index in [0.717, 1.165) is 18.4 Å². The van der Waals surface area contributed by atoms with Gasteiger partial charge < -0.3 is 15.1 Å². The van der Waals surface area contributed by atoms with Crippen molar-refractivity contribution in [3.63, 3.8) is 0 Å². The number of hydrogen-bond donors (Lipinski definition) is 2. The first kappa shape index (κ1) is 24.2. The lowest BCUT2D eigenvalue weighted by molar-refractivity contribution is -0.135. The molecular weight excluding hydrogens is 428 g/mol. The smallest absolute Gasteiger partial charge is 0.324 e. The molecule has 7 heteroatoms. The zero-order valence-corrected chi connectivity index (χ0v) is 20.3. The van der Waals surface area contributed by atoms with Gasteiger partial charge in [-0.2, -0.15) is 0 Å². The summed E-state index contributed by atoms with van der Waals surface area (Å²) in [5.41, 5.74) is 3.77. The Bertz CT molecular complexity index is 1080. The molecule has 2 aromatic rings. The summed E-state index contributed by atoms with van der Waals surface area (Å²) in [6, 6.07) is 6.35. The molecule has 3 amide bonds. The predicted octanol–water partition coefficient (Wildman–Crippen LogP) is 4.00. The van der Waals surface area contributed by atoms with E-state index in [9.17, 15) is 14.4 Å². The van der Waals surface area contributed by atoms with Gasteiger partial charge in [0.05, 0.1) is 5.92 Å². The van der Waals surface area contributed by atoms with Gasteiger partial charge in [0.1, 0.15) is 5.78 Å². The first-order valence-corrected chi connectivity index (χ1v) is 12.5. The van der Waals surface area contributed by atoms with Crippen LogP contribution in [0.3, 0.4) is 0 Å². The summed E-state index contributed by atoms with van der Waals surface area (Å²) in [6.45, 7) is 9.50. The number of Topliss-reactive ketones (excluding diaryl/α,β-unsaturated/α-hetero) is 1. The van der Waals surface area contributed by atoms with Gasteiger partial charge in [-0.1, -0.05) is 18.2 Å². The molecule has 0 radical (unpaired) electrons. The number of H-pyrrole nitrogens is 1. The molecule has 34 heavy (non-hydrogen) atoms. The minimum absolute atomic E-state index is 0.117. The Morgan fingerprint density at radius 1 is 1.29 bits per heavy atom. The van der Waals surface area contributed by atoms with E-state index in [1.807, 2.05) is 13.0 Å². The highest BCUT2D eigenvalue weighted by molar-refractivity contribution is 5.96. The van der Waals surface area contributed by atoms with Crippen LogP contribution in [-0.2, 0) is 16.0 Å². The molecule has 0 spiro atoms. The number of piperidine rings is 1. The molecule has 1 aliphatic heterocycles. The van der Waals surface area contributed by atoms with Crippen LogP contribution in [0.2, 0.25) is 0 Å². The number of nitrogens with zero attached hydrogens (tertiary/aromatic N) is 2. The van der Waals surface area contributed by atoms with Crippen LogP contribution in [0.4, 0.5) is 4.79 Å². The quantitative estimate of drug-likeness (QED) is 0.434. The Morgan fingerprint density at radius 3 is 2.85 bits per heavy atom. The molecule has 3 atom stereocenters. The predicted molar refractivity (Wildman–Crippen MR) is 134 cm³/mol. The SMILES string of the molecule is C=CCN1C[C@H](C(=O)N(CCCCC(C)=O)C(=O)NCC)C[C@@H]2c3cccc4[nH]cc(c34)C[C@H]21. The molecule has 4 rings (SSSR count). The maximum absolute atomic E-state index is 13.7. The second-order valence-electron chi connectivity index (χ2n) is 9.62. The number of rotatable bonds is 9. The van der Waals surface area contributed by atoms with E-state index < -0.39 is 0 Å². The number of hydrogen-bond acceptors (Lipinski definition) is 4. The van der Waals surface area contributed by atoms with Crippen molar-refractivity contribution in [1.29, 1.82) is 0 Å². The summed E-state index contributed by atoms with van der Waals surface area (Å²) in [4.78, 5) is 45.0. The molecule has 1 aliphatic carbocycles. The number of imide groups is 1. The van der Waals surface area contributed by atoms with Gasteiger partial charge >= 0.3 is 6.03 Å². The maximum atomic E-state index is 13.7. The van der Waals surface area contributed by atoms with Crippen LogP contribution in [0.25, 0.3) is 10.9 Å². The molecule has 2 heterocycles. The van der Waals surface area contributed by atoms with Crippen LogP contribution in [0.15, 0.2) is 37.1 Å². The Kier molecular flexibility index (Phi) is 7.51. The van der Waals surface area contributed by atoms with Gasteiger partial charge in [0.2, 0.25) is 5.91 Å². The Labute approximate surface area is 201 Å². The van der Waals surface area contributed by atoms with E-state index in [0.29, 0.717) is 51.5 Å². The van der Waals surface area contributed by atoms with E-state index in [1.165, 1.54) is 21.4 Å². The van der Waals surface area contributed by atoms with E-state index in [2.05, 4.69) is 46.2 Å². The molecule has 0 saturated carbocycles. The first-order chi connectivity index (χ1) is 16.4. The number of nitrogens with one attached hydrogen (secondary N) is 2. The van der Waals surface area contributed by atoms with E-state index in [-0.39, 0.29) is 29.6 Å². The van der Waals surface area contributed by atoms with E-state index in [4.69, 9.17) is 0 Å². The topological polar surface area (TPSA) is 85.5 Å². The number of benzene rings is 1. The van der Waals surface area contributed by atoms with Crippen LogP contribution < -0.4 is 5.32 Å². The molecule has 7 nitrogen and oxygen atoms in total. The number of aromatic amines is 1. The number of carbonyl (C=O) groups is 3. The lowest BCUT2D eigenvalue weighted by Gasteiger charge is -2.47. The normalized spacial score (nSPS) is 21.6. The van der Waals surface area contributed by atoms with Crippen molar-refractivity contribution in [3.05, 3.63) is 48.2 Å². The van der Waals surface area contributed by atoms with E-state index in [1.54, 1.807) is 6.92 Å². The lowest BCUT2D eigenvalue weighted by atomic mass is 9.72. The highest BCUT2D eigenvalue weighted by Gasteiger charge is 2.43. The number of aromatic nitrogens is 1. The van der Waals surface area contributed by atoms with Crippen molar-refractivity contribution in [2.75, 3.05) is 26.2 Å². The minimum atomic E-state index is -0.341. The standard InChI is InChI=1S/C27H36N4O3/c1-4-12-30-17-20(26(33)31(27(34)28-5-2)13-7-6-9-18(3)32)14-22-21-10-8-11-23-25(21)19(16-29-23)15-24(22)30/h4,8,10-11,16,20,22,24,29H,1,5-7,9,12-15,17H2,2-3H3,(H,28,34)/t20-,22-,24-/m1/s1. The third-order valence-corrected chi connectivity index (χ3v) is 7.29. The van der Waals surface area contributed by atoms with Gasteiger partial charge in [-0.3, -0.25) is 14.6 Å². The van der Waals surface area contributed by atoms with Crippen molar-refractivity contribution in [2.24, 2.45) is 5.92 Å². The Morgan fingerprint density at radius 2 is 2.12 bits per heavy atom. The molecular formula is C27H36N4O3. The molecule has 2 aliphatic rings. The van der Waals surface area contributed by atoms with E-state index >= 15 is 0 Å². The zero-order chi connectivity index (χ0) is 24.2. The van der Waals surface area contributed by atoms with Gasteiger partial charge in [0.25, 0.3) is 0 Å². The largest absolute Gasteiger partial charge is 0.361 e. The summed E-state index contributed by atoms with van der Waals surface area (Å²) in [5, 5.41) is 4.09. The van der Waals surface area contributed by atoms with Gasteiger partial charge in [0, 0.05) is 61.7 Å². The van der Waals surface area contributed by atoms with Crippen LogP contribution in [0.1, 0.15) is 56.6 Å². The highest BCUT2D eigenvalue weighted by atomic mass is 16.2. The number of amides is 3. The molecule has 1 aromatic heterocycles. The number of ketones is 1. The molecule has 1 saturated heterocycles. The third kappa shape index (κ3) is 4.80. The van der Waals surface area contributed by atoms with Gasteiger partial charge in [-0.25, -0.2) is 4.79 Å². The summed E-state index contributed by atoms with van der Waals surface area (Å²) in [7, 11) is 0. The zero-order valence-electron chi connectivity index (χ0n) is 20.3. The van der Waals surface area contributed by atoms with Crippen LogP contribution in [-0.4, -0.2) is 64.7 Å². The monoisotopic (exact) mass is 464 g/mol. The fourth-order valence-electron chi connectivity index (χ4n) is 5.78. The van der Waals surface area contributed by atoms with Crippen molar-refractivity contribution < 1.29 is 14.4 Å². The van der Waals surface area contributed by atoms with Crippen molar-refractivity contribution >= 4 is 28.6 Å². The summed E-state index contributed by atoms with van der Waals surface area (Å²) >= 11 is 0. The molecule has 1 aromatic carbocycles. The van der Waals surface area contributed by atoms with Crippen molar-refractivity contribution in [1.82, 2.24) is 20.1 Å². The minimum Gasteiger partial charge on any atom is -0.361 e. The molecule has 1 fully saturated rings. The van der Waals surface area contributed by atoms with Gasteiger partial charge in [-0.05, 0) is 56.7 Å². The summed E-state index contributed by atoms with van der Waals surface area (Å²) < 4.78 is 0. The van der Waals surface area contributed by atoms with Crippen LogP contribution in [0, 0.1) is 5.92 Å². The van der Waals surface area contributed by atoms with Crippen molar-refractivity contribution in [2.45, 2.75) is 57.9 Å². The number of unbranched alkanes of at least 4 members (excludes halogenated alkanes) is 1. The van der Waals surface area contributed by atoms with Crippen LogP contribution in [0.5, 0.6) is 0 Å². The number of urea groups is 1. The summed E-state index contributed by atoms with van der Waals surface area (Å²) in [6.07, 6.45) is 7.47. The maximum Gasteiger partial charge on any atom is 0.324 e. The van der Waals surface area contributed by atoms with Gasteiger partial charge in [0.15, 0.2) is 0 Å². The van der Waals surface area contributed by atoms with Crippen LogP contribution >= 0.6 is 0 Å². The molecule has 0 bridgehead atoms. The fourth-order valence-corrected chi connectivity index (χ4v) is 5.78. The number of likely N-dealkylation sites (tertiary alicyclic amines) is 1. The molecule has 182 valence electrons. The molecule has 0 unspecified atom stereocenters. The number of carbonyl (C=O) groups excluding carboxylic acids is 3. The molecule has 2 N–H and O–H groups in total. The number of fused-ring (bicyclic) bond motifs is 2. The highest BCUT2D eigenvalue weighted by Crippen LogP contribution is 2.45. The second kappa shape index (κ2) is 10.6.